The van der Waals surface area contributed by atoms with Crippen LogP contribution in [0.3, 0.4) is 0 Å². The molecular formula is C22H31N5O5S. The van der Waals surface area contributed by atoms with Crippen LogP contribution in [0.4, 0.5) is 5.69 Å². The molecule has 11 heteroatoms. The summed E-state index contributed by atoms with van der Waals surface area (Å²) in [4.78, 5) is 20.9. The number of imidazole rings is 1. The molecule has 0 aliphatic carbocycles. The molecule has 180 valence electrons. The maximum Gasteiger partial charge on any atom is 0.259 e. The van der Waals surface area contributed by atoms with E-state index < -0.39 is 22.2 Å². The summed E-state index contributed by atoms with van der Waals surface area (Å²) in [5.41, 5.74) is 1.16. The average Bonchev–Trinajstić information content (AvgIpc) is 3.28. The Morgan fingerprint density at radius 3 is 2.55 bits per heavy atom. The van der Waals surface area contributed by atoms with Crippen molar-refractivity contribution in [3.63, 3.8) is 0 Å². The summed E-state index contributed by atoms with van der Waals surface area (Å²) in [6.07, 6.45) is 2.98. The van der Waals surface area contributed by atoms with Crippen molar-refractivity contribution in [3.8, 4) is 0 Å². The Balaban J connectivity index is 1.28. The van der Waals surface area contributed by atoms with Crippen LogP contribution >= 0.6 is 0 Å². The van der Waals surface area contributed by atoms with Gasteiger partial charge >= 0.3 is 0 Å². The lowest BCUT2D eigenvalue weighted by molar-refractivity contribution is -0.140. The van der Waals surface area contributed by atoms with E-state index in [2.05, 4.69) is 26.7 Å². The number of carbonyl (C=O) groups is 1. The molecule has 4 rings (SSSR count). The lowest BCUT2D eigenvalue weighted by Crippen LogP contribution is -2.52. The van der Waals surface area contributed by atoms with Crippen molar-refractivity contribution in [3.05, 3.63) is 42.9 Å². The van der Waals surface area contributed by atoms with E-state index >= 15 is 0 Å². The fraction of sp³-hybridized carbons (Fsp3) is 0.545. The highest BCUT2D eigenvalue weighted by Crippen LogP contribution is 2.24. The standard InChI is InChI=1S/C22H31N5O5S/c1-25-14-21(23-16-25)33(30,31)24-19-8-7-18(32-20(19)15-28)13-22(29)27-11-9-26(10-12-27)17-5-3-2-4-6-17/h2-6,14,16,18-20,24,28H,7-13,15H2,1H3/t18-,19+,20-/m1/s1. The SMILES string of the molecule is Cn1cnc(S(=O)(=O)N[C@H]2CC[C@H](CC(=O)N3CCN(c4ccccc4)CC3)O[C@@H]2CO)c1. The van der Waals surface area contributed by atoms with Gasteiger partial charge in [-0.3, -0.25) is 4.79 Å². The minimum atomic E-state index is -3.82. The van der Waals surface area contributed by atoms with E-state index in [0.717, 1.165) is 18.8 Å². The number of nitrogens with zero attached hydrogens (tertiary/aromatic N) is 4. The summed E-state index contributed by atoms with van der Waals surface area (Å²) in [6, 6.07) is 9.56. The number of anilines is 1. The third-order valence-corrected chi connectivity index (χ3v) is 7.59. The highest BCUT2D eigenvalue weighted by atomic mass is 32.2. The van der Waals surface area contributed by atoms with Crippen LogP contribution in [0.1, 0.15) is 19.3 Å². The molecule has 33 heavy (non-hydrogen) atoms. The fourth-order valence-electron chi connectivity index (χ4n) is 4.38. The lowest BCUT2D eigenvalue weighted by atomic mass is 9.97. The largest absolute Gasteiger partial charge is 0.394 e. The molecule has 0 saturated carbocycles. The number of aliphatic hydroxyl groups is 1. The molecule has 2 fully saturated rings. The number of hydrogen-bond acceptors (Lipinski definition) is 7. The average molecular weight is 478 g/mol. The van der Waals surface area contributed by atoms with Crippen molar-refractivity contribution in [2.45, 2.75) is 42.5 Å². The predicted molar refractivity (Wildman–Crippen MR) is 122 cm³/mol. The maximum atomic E-state index is 12.8. The van der Waals surface area contributed by atoms with E-state index in [1.54, 1.807) is 11.6 Å². The van der Waals surface area contributed by atoms with Gasteiger partial charge in [0.2, 0.25) is 5.91 Å². The second-order valence-electron chi connectivity index (χ2n) is 8.57. The van der Waals surface area contributed by atoms with Crippen LogP contribution in [0.5, 0.6) is 0 Å². The molecule has 2 aliphatic heterocycles. The molecule has 2 aromatic rings. The van der Waals surface area contributed by atoms with Crippen LogP contribution in [0.2, 0.25) is 0 Å². The Morgan fingerprint density at radius 2 is 1.91 bits per heavy atom. The molecule has 2 saturated heterocycles. The zero-order valence-corrected chi connectivity index (χ0v) is 19.5. The zero-order valence-electron chi connectivity index (χ0n) is 18.7. The quantitative estimate of drug-likeness (QED) is 0.591. The van der Waals surface area contributed by atoms with Gasteiger partial charge in [0.25, 0.3) is 10.0 Å². The molecule has 0 radical (unpaired) electrons. The number of carbonyl (C=O) groups excluding carboxylic acids is 1. The molecule has 2 aliphatic rings. The summed E-state index contributed by atoms with van der Waals surface area (Å²) in [6.45, 7) is 2.51. The first-order chi connectivity index (χ1) is 15.9. The molecule has 2 N–H and O–H groups in total. The van der Waals surface area contributed by atoms with Gasteiger partial charge in [-0.05, 0) is 25.0 Å². The number of sulfonamides is 1. The Kier molecular flexibility index (Phi) is 7.32. The van der Waals surface area contributed by atoms with Crippen molar-refractivity contribution in [2.75, 3.05) is 37.7 Å². The molecule has 1 aromatic carbocycles. The third-order valence-electron chi connectivity index (χ3n) is 6.21. The number of para-hydroxylation sites is 1. The van der Waals surface area contributed by atoms with Gasteiger partial charge in [-0.2, -0.15) is 0 Å². The van der Waals surface area contributed by atoms with E-state index in [-0.39, 0.29) is 30.1 Å². The number of aryl methyl sites for hydroxylation is 1. The minimum Gasteiger partial charge on any atom is -0.394 e. The van der Waals surface area contributed by atoms with Gasteiger partial charge in [-0.25, -0.2) is 18.1 Å². The number of nitrogens with one attached hydrogen (secondary N) is 1. The Morgan fingerprint density at radius 1 is 1.18 bits per heavy atom. The summed E-state index contributed by atoms with van der Waals surface area (Å²) < 4.78 is 35.2. The Hall–Kier alpha value is -2.47. The Labute approximate surface area is 194 Å². The topological polar surface area (TPSA) is 117 Å². The van der Waals surface area contributed by atoms with Crippen LogP contribution in [0, 0.1) is 0 Å². The fourth-order valence-corrected chi connectivity index (χ4v) is 5.66. The number of aromatic nitrogens is 2. The number of aliphatic hydroxyl groups excluding tert-OH is 1. The van der Waals surface area contributed by atoms with Crippen molar-refractivity contribution >= 4 is 21.6 Å². The van der Waals surface area contributed by atoms with Crippen molar-refractivity contribution in [1.29, 1.82) is 0 Å². The van der Waals surface area contributed by atoms with E-state index in [9.17, 15) is 18.3 Å². The van der Waals surface area contributed by atoms with Gasteiger partial charge in [-0.1, -0.05) is 18.2 Å². The van der Waals surface area contributed by atoms with Crippen LogP contribution in [0.15, 0.2) is 47.9 Å². The van der Waals surface area contributed by atoms with E-state index in [4.69, 9.17) is 4.74 Å². The summed E-state index contributed by atoms with van der Waals surface area (Å²) in [5, 5.41) is 9.72. The second-order valence-corrected chi connectivity index (χ2v) is 10.2. The number of piperazine rings is 1. The predicted octanol–water partition coefficient (Wildman–Crippen LogP) is 0.346. The van der Waals surface area contributed by atoms with Crippen LogP contribution in [-0.4, -0.2) is 84.9 Å². The zero-order chi connectivity index (χ0) is 23.4. The van der Waals surface area contributed by atoms with Gasteiger partial charge in [0.15, 0.2) is 5.03 Å². The normalized spacial score (nSPS) is 24.1. The lowest BCUT2D eigenvalue weighted by Gasteiger charge is -2.38. The molecular weight excluding hydrogens is 446 g/mol. The molecule has 1 amide bonds. The van der Waals surface area contributed by atoms with Gasteiger partial charge in [-0.15, -0.1) is 0 Å². The second kappa shape index (κ2) is 10.2. The first-order valence-electron chi connectivity index (χ1n) is 11.2. The van der Waals surface area contributed by atoms with Crippen molar-refractivity contribution in [2.24, 2.45) is 7.05 Å². The van der Waals surface area contributed by atoms with Gasteiger partial charge in [0, 0.05) is 45.1 Å². The number of ether oxygens (including phenoxy) is 1. The van der Waals surface area contributed by atoms with Crippen LogP contribution < -0.4 is 9.62 Å². The molecule has 3 atom stereocenters. The highest BCUT2D eigenvalue weighted by molar-refractivity contribution is 7.89. The van der Waals surface area contributed by atoms with E-state index in [1.807, 2.05) is 23.1 Å². The van der Waals surface area contributed by atoms with Crippen LogP contribution in [0.25, 0.3) is 0 Å². The number of amides is 1. The number of benzene rings is 1. The third kappa shape index (κ3) is 5.72. The first kappa shape index (κ1) is 23.7. The summed E-state index contributed by atoms with van der Waals surface area (Å²) >= 11 is 0. The van der Waals surface area contributed by atoms with E-state index in [1.165, 1.54) is 12.5 Å². The van der Waals surface area contributed by atoms with Gasteiger partial charge < -0.3 is 24.2 Å². The first-order valence-corrected chi connectivity index (χ1v) is 12.7. The summed E-state index contributed by atoms with van der Waals surface area (Å²) in [5.74, 6) is 0.0249. The van der Waals surface area contributed by atoms with Crippen molar-refractivity contribution < 1.29 is 23.1 Å². The highest BCUT2D eigenvalue weighted by Gasteiger charge is 2.36. The maximum absolute atomic E-state index is 12.8. The molecule has 0 bridgehead atoms. The van der Waals surface area contributed by atoms with E-state index in [0.29, 0.717) is 25.9 Å². The molecule has 0 unspecified atom stereocenters. The Bertz CT molecular complexity index is 1040. The molecule has 3 heterocycles. The van der Waals surface area contributed by atoms with Crippen LogP contribution in [-0.2, 0) is 26.6 Å². The minimum absolute atomic E-state index is 0.0249. The molecule has 1 aromatic heterocycles. The number of rotatable bonds is 7. The van der Waals surface area contributed by atoms with Crippen molar-refractivity contribution in [1.82, 2.24) is 19.2 Å². The van der Waals surface area contributed by atoms with Gasteiger partial charge in [0.1, 0.15) is 0 Å². The summed E-state index contributed by atoms with van der Waals surface area (Å²) in [7, 11) is -2.13. The molecule has 10 nitrogen and oxygen atoms in total. The monoisotopic (exact) mass is 477 g/mol. The number of hydrogen-bond donors (Lipinski definition) is 2. The smallest absolute Gasteiger partial charge is 0.259 e. The molecule has 0 spiro atoms. The van der Waals surface area contributed by atoms with Gasteiger partial charge in [0.05, 0.1) is 37.6 Å².